The molecule has 2 heteroatoms. The lowest BCUT2D eigenvalue weighted by Gasteiger charge is -2.40. The number of hydrogen-bond acceptors (Lipinski definition) is 2. The van der Waals surface area contributed by atoms with Crippen molar-refractivity contribution in [2.75, 3.05) is 20.2 Å². The van der Waals surface area contributed by atoms with E-state index in [1.807, 2.05) is 0 Å². The van der Waals surface area contributed by atoms with E-state index in [1.165, 1.54) is 19.3 Å². The first kappa shape index (κ1) is 12.0. The molecule has 0 aromatic rings. The summed E-state index contributed by atoms with van der Waals surface area (Å²) >= 11 is 0. The minimum Gasteiger partial charge on any atom is -0.396 e. The standard InChI is InChI=1S/C12H25NO/c1-10-6-4-7-11(2)12(10)13(3)8-5-9-14/h10-12,14H,4-9H2,1-3H3. The average Bonchev–Trinajstić information content (AvgIpc) is 2.14. The Morgan fingerprint density at radius 1 is 1.21 bits per heavy atom. The summed E-state index contributed by atoms with van der Waals surface area (Å²) in [7, 11) is 2.21. The summed E-state index contributed by atoms with van der Waals surface area (Å²) in [6.45, 7) is 6.10. The number of rotatable bonds is 4. The Bertz CT molecular complexity index is 150. The van der Waals surface area contributed by atoms with E-state index < -0.39 is 0 Å². The van der Waals surface area contributed by atoms with Crippen LogP contribution in [-0.4, -0.2) is 36.2 Å². The average molecular weight is 199 g/mol. The van der Waals surface area contributed by atoms with Gasteiger partial charge in [-0.05, 0) is 38.1 Å². The molecule has 1 saturated carbocycles. The minimum absolute atomic E-state index is 0.319. The molecule has 0 aromatic heterocycles. The fourth-order valence-electron chi connectivity index (χ4n) is 3.00. The molecule has 1 aliphatic rings. The molecular formula is C12H25NO. The zero-order valence-electron chi connectivity index (χ0n) is 9.87. The van der Waals surface area contributed by atoms with E-state index >= 15 is 0 Å². The zero-order chi connectivity index (χ0) is 10.6. The van der Waals surface area contributed by atoms with Crippen molar-refractivity contribution < 1.29 is 5.11 Å². The van der Waals surface area contributed by atoms with Gasteiger partial charge in [0.05, 0.1) is 0 Å². The van der Waals surface area contributed by atoms with Crippen molar-refractivity contribution in [1.29, 1.82) is 0 Å². The molecule has 0 amide bonds. The Labute approximate surface area is 88.3 Å². The Hall–Kier alpha value is -0.0800. The molecule has 0 bridgehead atoms. The molecule has 0 radical (unpaired) electrons. The van der Waals surface area contributed by atoms with Gasteiger partial charge in [0.1, 0.15) is 0 Å². The van der Waals surface area contributed by atoms with Crippen LogP contribution >= 0.6 is 0 Å². The molecule has 84 valence electrons. The van der Waals surface area contributed by atoms with Crippen LogP contribution in [0, 0.1) is 11.8 Å². The van der Waals surface area contributed by atoms with Crippen LogP contribution in [-0.2, 0) is 0 Å². The van der Waals surface area contributed by atoms with E-state index in [-0.39, 0.29) is 0 Å². The van der Waals surface area contributed by atoms with Crippen LogP contribution in [0.4, 0.5) is 0 Å². The SMILES string of the molecule is CC1CCCC(C)C1N(C)CCCO. The van der Waals surface area contributed by atoms with Gasteiger partial charge in [0, 0.05) is 19.2 Å². The van der Waals surface area contributed by atoms with Gasteiger partial charge >= 0.3 is 0 Å². The molecule has 0 aromatic carbocycles. The summed E-state index contributed by atoms with van der Waals surface area (Å²) in [5, 5.41) is 8.82. The number of aliphatic hydroxyl groups is 1. The summed E-state index contributed by atoms with van der Waals surface area (Å²) in [6.07, 6.45) is 5.05. The molecule has 0 spiro atoms. The van der Waals surface area contributed by atoms with Crippen LogP contribution in [0.25, 0.3) is 0 Å². The van der Waals surface area contributed by atoms with Crippen molar-refractivity contribution in [2.24, 2.45) is 11.8 Å². The lowest BCUT2D eigenvalue weighted by molar-refractivity contribution is 0.0856. The lowest BCUT2D eigenvalue weighted by Crippen LogP contribution is -2.44. The van der Waals surface area contributed by atoms with Gasteiger partial charge in [-0.15, -0.1) is 0 Å². The molecule has 0 aliphatic heterocycles. The molecule has 1 fully saturated rings. The van der Waals surface area contributed by atoms with E-state index in [0.717, 1.165) is 30.8 Å². The largest absolute Gasteiger partial charge is 0.396 e. The van der Waals surface area contributed by atoms with Gasteiger partial charge in [-0.1, -0.05) is 20.3 Å². The first-order valence-electron chi connectivity index (χ1n) is 5.98. The van der Waals surface area contributed by atoms with Crippen molar-refractivity contribution >= 4 is 0 Å². The van der Waals surface area contributed by atoms with Gasteiger partial charge in [-0.3, -0.25) is 0 Å². The van der Waals surface area contributed by atoms with Gasteiger partial charge in [-0.2, -0.15) is 0 Å². The summed E-state index contributed by atoms with van der Waals surface area (Å²) in [4.78, 5) is 2.45. The van der Waals surface area contributed by atoms with E-state index in [9.17, 15) is 0 Å². The third-order valence-electron chi connectivity index (χ3n) is 3.66. The van der Waals surface area contributed by atoms with Crippen LogP contribution < -0.4 is 0 Å². The monoisotopic (exact) mass is 199 g/mol. The van der Waals surface area contributed by atoms with Crippen molar-refractivity contribution in [3.63, 3.8) is 0 Å². The first-order chi connectivity index (χ1) is 6.66. The van der Waals surface area contributed by atoms with Gasteiger partial charge < -0.3 is 10.0 Å². The van der Waals surface area contributed by atoms with Crippen molar-refractivity contribution in [2.45, 2.75) is 45.6 Å². The van der Waals surface area contributed by atoms with Crippen LogP contribution in [0.15, 0.2) is 0 Å². The summed E-state index contributed by atoms with van der Waals surface area (Å²) < 4.78 is 0. The molecule has 1 rings (SSSR count). The third-order valence-corrected chi connectivity index (χ3v) is 3.66. The molecule has 1 aliphatic carbocycles. The Balaban J connectivity index is 2.45. The van der Waals surface area contributed by atoms with Crippen LogP contribution in [0.3, 0.4) is 0 Å². The first-order valence-corrected chi connectivity index (χ1v) is 5.98. The Morgan fingerprint density at radius 3 is 2.29 bits per heavy atom. The van der Waals surface area contributed by atoms with Crippen LogP contribution in [0.5, 0.6) is 0 Å². The van der Waals surface area contributed by atoms with E-state index in [2.05, 4.69) is 25.8 Å². The summed E-state index contributed by atoms with van der Waals surface area (Å²) in [5.41, 5.74) is 0. The molecule has 0 heterocycles. The van der Waals surface area contributed by atoms with Crippen LogP contribution in [0.2, 0.25) is 0 Å². The van der Waals surface area contributed by atoms with E-state index in [4.69, 9.17) is 5.11 Å². The second kappa shape index (κ2) is 5.72. The highest BCUT2D eigenvalue weighted by Crippen LogP contribution is 2.31. The molecule has 14 heavy (non-hydrogen) atoms. The predicted octanol–water partition coefficient (Wildman–Crippen LogP) is 2.13. The summed E-state index contributed by atoms with van der Waals surface area (Å²) in [6, 6.07) is 0.732. The van der Waals surface area contributed by atoms with Crippen LogP contribution in [0.1, 0.15) is 39.5 Å². The molecule has 1 N–H and O–H groups in total. The molecule has 2 atom stereocenters. The normalized spacial score (nSPS) is 33.6. The Kier molecular flexibility index (Phi) is 4.90. The van der Waals surface area contributed by atoms with E-state index in [1.54, 1.807) is 0 Å². The predicted molar refractivity (Wildman–Crippen MR) is 60.3 cm³/mol. The van der Waals surface area contributed by atoms with Gasteiger partial charge in [0.15, 0.2) is 0 Å². The maximum absolute atomic E-state index is 8.82. The van der Waals surface area contributed by atoms with E-state index in [0.29, 0.717) is 6.61 Å². The molecule has 2 nitrogen and oxygen atoms in total. The Morgan fingerprint density at radius 2 is 1.79 bits per heavy atom. The fourth-order valence-corrected chi connectivity index (χ4v) is 3.00. The highest BCUT2D eigenvalue weighted by atomic mass is 16.3. The zero-order valence-corrected chi connectivity index (χ0v) is 9.87. The maximum Gasteiger partial charge on any atom is 0.0443 e. The highest BCUT2D eigenvalue weighted by molar-refractivity contribution is 4.84. The number of nitrogens with zero attached hydrogens (tertiary/aromatic N) is 1. The second-order valence-corrected chi connectivity index (χ2v) is 4.93. The maximum atomic E-state index is 8.82. The second-order valence-electron chi connectivity index (χ2n) is 4.93. The molecule has 2 unspecified atom stereocenters. The number of aliphatic hydroxyl groups excluding tert-OH is 1. The van der Waals surface area contributed by atoms with Crippen molar-refractivity contribution in [3.8, 4) is 0 Å². The molecular weight excluding hydrogens is 174 g/mol. The van der Waals surface area contributed by atoms with Gasteiger partial charge in [0.2, 0.25) is 0 Å². The topological polar surface area (TPSA) is 23.5 Å². The van der Waals surface area contributed by atoms with Gasteiger partial charge in [0.25, 0.3) is 0 Å². The summed E-state index contributed by atoms with van der Waals surface area (Å²) in [5.74, 6) is 1.64. The fraction of sp³-hybridized carbons (Fsp3) is 1.00. The van der Waals surface area contributed by atoms with Crippen molar-refractivity contribution in [3.05, 3.63) is 0 Å². The highest BCUT2D eigenvalue weighted by Gasteiger charge is 2.30. The smallest absolute Gasteiger partial charge is 0.0443 e. The quantitative estimate of drug-likeness (QED) is 0.749. The van der Waals surface area contributed by atoms with Crippen molar-refractivity contribution in [1.82, 2.24) is 4.90 Å². The lowest BCUT2D eigenvalue weighted by atomic mass is 9.78. The number of hydrogen-bond donors (Lipinski definition) is 1. The molecule has 0 saturated heterocycles. The third kappa shape index (κ3) is 2.96. The van der Waals surface area contributed by atoms with Gasteiger partial charge in [-0.25, -0.2) is 0 Å². The minimum atomic E-state index is 0.319.